The Morgan fingerprint density at radius 1 is 1.10 bits per heavy atom. The van der Waals surface area contributed by atoms with Crippen LogP contribution in [0.3, 0.4) is 0 Å². The summed E-state index contributed by atoms with van der Waals surface area (Å²) < 4.78 is 12.4. The van der Waals surface area contributed by atoms with Crippen LogP contribution in [0.15, 0.2) is 59.4 Å². The van der Waals surface area contributed by atoms with Gasteiger partial charge in [-0.05, 0) is 31.2 Å². The maximum Gasteiger partial charge on any atom is 0.280 e. The number of aromatic nitrogens is 4. The average molecular weight is 458 g/mol. The fraction of sp³-hybridized carbons (Fsp3) is 0.143. The number of carbonyl (C=O) groups is 1. The molecule has 2 aromatic carbocycles. The molecule has 0 radical (unpaired) electrons. The van der Waals surface area contributed by atoms with Gasteiger partial charge in [0.25, 0.3) is 5.91 Å². The highest BCUT2D eigenvalue weighted by atomic mass is 35.5. The standard InChI is InChI=1S/C21H17Cl2N5O3/c1-13-16(11-30-14-6-3-2-4-7-14)19(27-31-13)20(29)25-21-24-12-28(26-21)10-15-17(22)8-5-9-18(15)23/h2-9,12H,10-11H2,1H3,(H,25,26,29). The summed E-state index contributed by atoms with van der Waals surface area (Å²) in [5.41, 5.74) is 1.36. The van der Waals surface area contributed by atoms with Gasteiger partial charge in [0.15, 0.2) is 5.69 Å². The third-order valence-electron chi connectivity index (χ3n) is 4.47. The summed E-state index contributed by atoms with van der Waals surface area (Å²) in [7, 11) is 0. The number of hydrogen-bond donors (Lipinski definition) is 1. The summed E-state index contributed by atoms with van der Waals surface area (Å²) in [6, 6.07) is 14.5. The van der Waals surface area contributed by atoms with Gasteiger partial charge in [0.05, 0.1) is 12.1 Å². The smallest absolute Gasteiger partial charge is 0.280 e. The maximum atomic E-state index is 12.7. The van der Waals surface area contributed by atoms with Crippen molar-refractivity contribution in [3.8, 4) is 5.75 Å². The van der Waals surface area contributed by atoms with Crippen molar-refractivity contribution in [1.29, 1.82) is 0 Å². The molecule has 1 amide bonds. The van der Waals surface area contributed by atoms with E-state index < -0.39 is 5.91 Å². The van der Waals surface area contributed by atoms with Crippen LogP contribution in [0.25, 0.3) is 0 Å². The summed E-state index contributed by atoms with van der Waals surface area (Å²) in [6.07, 6.45) is 1.47. The number of nitrogens with zero attached hydrogens (tertiary/aromatic N) is 4. The van der Waals surface area contributed by atoms with Gasteiger partial charge in [-0.3, -0.25) is 10.1 Å². The molecule has 0 aliphatic heterocycles. The molecule has 0 saturated carbocycles. The summed E-state index contributed by atoms with van der Waals surface area (Å²) in [6.45, 7) is 2.16. The second kappa shape index (κ2) is 9.20. The minimum absolute atomic E-state index is 0.110. The van der Waals surface area contributed by atoms with E-state index in [2.05, 4.69) is 20.6 Å². The number of aryl methyl sites for hydroxylation is 1. The average Bonchev–Trinajstić information content (AvgIpc) is 3.36. The minimum Gasteiger partial charge on any atom is -0.489 e. The third kappa shape index (κ3) is 4.87. The van der Waals surface area contributed by atoms with Crippen LogP contribution in [0.1, 0.15) is 27.4 Å². The molecule has 2 heterocycles. The quantitative estimate of drug-likeness (QED) is 0.429. The molecule has 4 rings (SSSR count). The predicted molar refractivity (Wildman–Crippen MR) is 116 cm³/mol. The van der Waals surface area contributed by atoms with Gasteiger partial charge in [0.2, 0.25) is 5.95 Å². The molecule has 8 nitrogen and oxygen atoms in total. The predicted octanol–water partition coefficient (Wildman–Crippen LogP) is 4.76. The molecule has 0 aliphatic rings. The number of anilines is 1. The first-order chi connectivity index (χ1) is 15.0. The van der Waals surface area contributed by atoms with Crippen LogP contribution in [0.2, 0.25) is 10.0 Å². The van der Waals surface area contributed by atoms with Gasteiger partial charge in [-0.1, -0.05) is 52.6 Å². The molecule has 158 valence electrons. The Kier molecular flexibility index (Phi) is 6.20. The van der Waals surface area contributed by atoms with Crippen LogP contribution < -0.4 is 10.1 Å². The molecule has 0 unspecified atom stereocenters. The topological polar surface area (TPSA) is 95.1 Å². The van der Waals surface area contributed by atoms with E-state index in [9.17, 15) is 4.79 Å². The molecule has 0 aliphatic carbocycles. The number of nitrogens with one attached hydrogen (secondary N) is 1. The zero-order chi connectivity index (χ0) is 21.8. The number of carbonyl (C=O) groups excluding carboxylic acids is 1. The summed E-state index contributed by atoms with van der Waals surface area (Å²) in [5.74, 6) is 0.779. The Labute approximate surface area is 187 Å². The van der Waals surface area contributed by atoms with Gasteiger partial charge >= 0.3 is 0 Å². The SMILES string of the molecule is Cc1onc(C(=O)Nc2ncn(Cc3c(Cl)cccc3Cl)n2)c1COc1ccccc1. The van der Waals surface area contributed by atoms with Gasteiger partial charge in [-0.2, -0.15) is 0 Å². The largest absolute Gasteiger partial charge is 0.489 e. The third-order valence-corrected chi connectivity index (χ3v) is 5.18. The van der Waals surface area contributed by atoms with Crippen molar-refractivity contribution in [3.05, 3.63) is 87.5 Å². The second-order valence-corrected chi connectivity index (χ2v) is 7.40. The number of rotatable bonds is 7. The van der Waals surface area contributed by atoms with Crippen molar-refractivity contribution in [1.82, 2.24) is 19.9 Å². The van der Waals surface area contributed by atoms with Crippen LogP contribution >= 0.6 is 23.2 Å². The van der Waals surface area contributed by atoms with Gasteiger partial charge in [-0.25, -0.2) is 9.67 Å². The van der Waals surface area contributed by atoms with Gasteiger partial charge in [-0.15, -0.1) is 5.10 Å². The molecule has 0 spiro atoms. The van der Waals surface area contributed by atoms with E-state index in [-0.39, 0.29) is 18.2 Å². The fourth-order valence-electron chi connectivity index (χ4n) is 2.85. The molecular formula is C21H17Cl2N5O3. The lowest BCUT2D eigenvalue weighted by molar-refractivity contribution is 0.101. The van der Waals surface area contributed by atoms with Crippen LogP contribution in [-0.2, 0) is 13.2 Å². The lowest BCUT2D eigenvalue weighted by Gasteiger charge is -2.06. The van der Waals surface area contributed by atoms with Crippen molar-refractivity contribution in [2.45, 2.75) is 20.1 Å². The number of hydrogen-bond acceptors (Lipinski definition) is 6. The molecule has 10 heteroatoms. The molecule has 0 atom stereocenters. The number of amides is 1. The van der Waals surface area contributed by atoms with Crippen molar-refractivity contribution in [3.63, 3.8) is 0 Å². The Hall–Kier alpha value is -3.36. The second-order valence-electron chi connectivity index (χ2n) is 6.59. The summed E-state index contributed by atoms with van der Waals surface area (Å²) in [4.78, 5) is 16.8. The number of halogens is 2. The van der Waals surface area contributed by atoms with Gasteiger partial charge in [0.1, 0.15) is 24.4 Å². The number of para-hydroxylation sites is 1. The van der Waals surface area contributed by atoms with Crippen molar-refractivity contribution in [2.75, 3.05) is 5.32 Å². The van der Waals surface area contributed by atoms with E-state index in [4.69, 9.17) is 32.5 Å². The van der Waals surface area contributed by atoms with Crippen LogP contribution in [0.4, 0.5) is 5.95 Å². The summed E-state index contributed by atoms with van der Waals surface area (Å²) in [5, 5.41) is 11.8. The number of ether oxygens (including phenoxy) is 1. The van der Waals surface area contributed by atoms with Crippen LogP contribution in [-0.4, -0.2) is 25.8 Å². The fourth-order valence-corrected chi connectivity index (χ4v) is 3.36. The Morgan fingerprint density at radius 2 is 1.84 bits per heavy atom. The maximum absolute atomic E-state index is 12.7. The molecule has 2 aromatic heterocycles. The van der Waals surface area contributed by atoms with E-state index in [0.29, 0.717) is 39.2 Å². The molecule has 31 heavy (non-hydrogen) atoms. The van der Waals surface area contributed by atoms with Crippen LogP contribution in [0.5, 0.6) is 5.75 Å². The van der Waals surface area contributed by atoms with E-state index in [1.165, 1.54) is 11.0 Å². The molecular weight excluding hydrogens is 441 g/mol. The molecule has 4 aromatic rings. The molecule has 0 saturated heterocycles. The minimum atomic E-state index is -0.503. The first kappa shape index (κ1) is 20.9. The zero-order valence-corrected chi connectivity index (χ0v) is 17.9. The lowest BCUT2D eigenvalue weighted by Crippen LogP contribution is -2.16. The van der Waals surface area contributed by atoms with E-state index in [0.717, 1.165) is 0 Å². The highest BCUT2D eigenvalue weighted by Crippen LogP contribution is 2.25. The molecule has 0 bridgehead atoms. The zero-order valence-electron chi connectivity index (χ0n) is 16.4. The first-order valence-corrected chi connectivity index (χ1v) is 10.0. The normalized spacial score (nSPS) is 10.8. The molecule has 0 fully saturated rings. The van der Waals surface area contributed by atoms with Gasteiger partial charge in [0, 0.05) is 15.6 Å². The monoisotopic (exact) mass is 457 g/mol. The highest BCUT2D eigenvalue weighted by molar-refractivity contribution is 6.35. The molecule has 1 N–H and O–H groups in total. The Bertz CT molecular complexity index is 1190. The van der Waals surface area contributed by atoms with Crippen molar-refractivity contribution >= 4 is 35.1 Å². The van der Waals surface area contributed by atoms with E-state index >= 15 is 0 Å². The van der Waals surface area contributed by atoms with Crippen molar-refractivity contribution < 1.29 is 14.1 Å². The van der Waals surface area contributed by atoms with Crippen molar-refractivity contribution in [2.24, 2.45) is 0 Å². The van der Waals surface area contributed by atoms with Gasteiger partial charge < -0.3 is 9.26 Å². The number of benzene rings is 2. The summed E-state index contributed by atoms with van der Waals surface area (Å²) >= 11 is 12.4. The lowest BCUT2D eigenvalue weighted by atomic mass is 10.2. The van der Waals surface area contributed by atoms with Crippen LogP contribution in [0, 0.1) is 6.92 Å². The van der Waals surface area contributed by atoms with E-state index in [1.807, 2.05) is 30.3 Å². The van der Waals surface area contributed by atoms with E-state index in [1.54, 1.807) is 25.1 Å². The Balaban J connectivity index is 1.45. The highest BCUT2D eigenvalue weighted by Gasteiger charge is 2.22. The Morgan fingerprint density at radius 3 is 2.58 bits per heavy atom. The first-order valence-electron chi connectivity index (χ1n) is 9.28.